The van der Waals surface area contributed by atoms with Crippen molar-refractivity contribution in [2.45, 2.75) is 44.5 Å². The minimum atomic E-state index is -4.70. The zero-order valence-electron chi connectivity index (χ0n) is 24.5. The number of carboxylic acid groups (broad SMARTS) is 1. The largest absolute Gasteiger partial charge is 0.488 e. The first-order valence-corrected chi connectivity index (χ1v) is 14.6. The van der Waals surface area contributed by atoms with E-state index in [-0.39, 0.29) is 42.7 Å². The van der Waals surface area contributed by atoms with Gasteiger partial charge in [0.15, 0.2) is 11.4 Å². The smallest absolute Gasteiger partial charge is 0.418 e. The second-order valence-electron chi connectivity index (χ2n) is 10.9. The number of amides is 1. The summed E-state index contributed by atoms with van der Waals surface area (Å²) in [5, 5.41) is 11.9. The van der Waals surface area contributed by atoms with E-state index in [4.69, 9.17) is 14.6 Å². The third kappa shape index (κ3) is 7.80. The molecule has 0 saturated carbocycles. The average molecular weight is 632 g/mol. The molecule has 14 heteroatoms. The topological polar surface area (TPSA) is 117 Å². The molecule has 1 amide bonds. The van der Waals surface area contributed by atoms with E-state index in [1.54, 1.807) is 35.4 Å². The van der Waals surface area contributed by atoms with Gasteiger partial charge in [0.05, 0.1) is 35.9 Å². The number of aromatic nitrogens is 2. The van der Waals surface area contributed by atoms with Gasteiger partial charge in [-0.15, -0.1) is 0 Å². The molecule has 0 spiro atoms. The number of piperidine rings is 1. The molecule has 45 heavy (non-hydrogen) atoms. The zero-order chi connectivity index (χ0) is 32.1. The number of likely N-dealkylation sites (tertiary alicyclic amines) is 1. The lowest BCUT2D eigenvalue weighted by atomic mass is 10.0. The van der Waals surface area contributed by atoms with Gasteiger partial charge >= 0.3 is 12.1 Å². The normalized spacial score (nSPS) is 16.2. The van der Waals surface area contributed by atoms with E-state index in [1.165, 1.54) is 0 Å². The number of ether oxygens (including phenoxy) is 2. The molecular weight excluding hydrogens is 598 g/mol. The molecule has 2 aliphatic heterocycles. The molecule has 2 aliphatic rings. The summed E-state index contributed by atoms with van der Waals surface area (Å²) in [6, 6.07) is 9.27. The number of nitrogens with zero attached hydrogens (tertiary/aromatic N) is 4. The van der Waals surface area contributed by atoms with Crippen LogP contribution in [0.2, 0.25) is 0 Å². The van der Waals surface area contributed by atoms with Crippen LogP contribution < -0.4 is 19.7 Å². The molecule has 1 aromatic carbocycles. The van der Waals surface area contributed by atoms with Crippen LogP contribution in [0.1, 0.15) is 42.2 Å². The fourth-order valence-electron chi connectivity index (χ4n) is 5.45. The van der Waals surface area contributed by atoms with Crippen molar-refractivity contribution in [1.29, 1.82) is 0 Å². The van der Waals surface area contributed by atoms with E-state index in [2.05, 4.69) is 15.3 Å². The SMILES string of the molecule is CCOc1ncccc1-c1ccc(OC2CCN(c3ccc(F)cc3C(F)(F)F)CC2)c(C(=O)NC2CN(CCC(=O)O)C2)n1. The lowest BCUT2D eigenvalue weighted by Crippen LogP contribution is -2.59. The van der Waals surface area contributed by atoms with Gasteiger partial charge < -0.3 is 24.8 Å². The molecule has 2 saturated heterocycles. The molecule has 0 aliphatic carbocycles. The minimum Gasteiger partial charge on any atom is -0.488 e. The van der Waals surface area contributed by atoms with Gasteiger partial charge in [-0.25, -0.2) is 14.4 Å². The number of halogens is 4. The first-order valence-electron chi connectivity index (χ1n) is 14.6. The molecule has 0 atom stereocenters. The van der Waals surface area contributed by atoms with Gasteiger partial charge in [-0.3, -0.25) is 14.5 Å². The zero-order valence-corrected chi connectivity index (χ0v) is 24.5. The molecule has 0 unspecified atom stereocenters. The van der Waals surface area contributed by atoms with Crippen molar-refractivity contribution < 1.29 is 41.7 Å². The number of anilines is 1. The molecule has 10 nitrogen and oxygen atoms in total. The third-order valence-corrected chi connectivity index (χ3v) is 7.68. The molecular formula is C31H33F4N5O5. The van der Waals surface area contributed by atoms with Crippen LogP contribution in [0.25, 0.3) is 11.3 Å². The Morgan fingerprint density at radius 3 is 2.56 bits per heavy atom. The summed E-state index contributed by atoms with van der Waals surface area (Å²) >= 11 is 0. The number of alkyl halides is 3. The highest BCUT2D eigenvalue weighted by molar-refractivity contribution is 5.96. The van der Waals surface area contributed by atoms with Crippen LogP contribution in [0.5, 0.6) is 11.6 Å². The maximum absolute atomic E-state index is 13.6. The number of benzene rings is 1. The van der Waals surface area contributed by atoms with Gasteiger partial charge in [-0.2, -0.15) is 13.2 Å². The van der Waals surface area contributed by atoms with Crippen LogP contribution in [0.4, 0.5) is 23.2 Å². The lowest BCUT2D eigenvalue weighted by Gasteiger charge is -2.39. The van der Waals surface area contributed by atoms with Crippen molar-refractivity contribution in [2.24, 2.45) is 0 Å². The summed E-state index contributed by atoms with van der Waals surface area (Å²) < 4.78 is 66.3. The summed E-state index contributed by atoms with van der Waals surface area (Å²) in [4.78, 5) is 36.8. The van der Waals surface area contributed by atoms with Crippen molar-refractivity contribution in [2.75, 3.05) is 44.2 Å². The van der Waals surface area contributed by atoms with Gasteiger partial charge in [0.2, 0.25) is 5.88 Å². The Bertz CT molecular complexity index is 1520. The number of carboxylic acids is 1. The number of carbonyl (C=O) groups is 2. The number of nitrogens with one attached hydrogen (secondary N) is 1. The van der Waals surface area contributed by atoms with Crippen LogP contribution >= 0.6 is 0 Å². The van der Waals surface area contributed by atoms with Crippen molar-refractivity contribution in [3.05, 3.63) is 65.7 Å². The van der Waals surface area contributed by atoms with E-state index in [1.807, 2.05) is 11.8 Å². The van der Waals surface area contributed by atoms with E-state index in [9.17, 15) is 27.2 Å². The summed E-state index contributed by atoms with van der Waals surface area (Å²) in [5.41, 5.74) is -0.0703. The Labute approximate surface area is 257 Å². The summed E-state index contributed by atoms with van der Waals surface area (Å²) in [6.07, 6.45) is -2.81. The van der Waals surface area contributed by atoms with Gasteiger partial charge in [-0.05, 0) is 49.4 Å². The van der Waals surface area contributed by atoms with Gasteiger partial charge in [0.25, 0.3) is 5.91 Å². The average Bonchev–Trinajstić information content (AvgIpc) is 2.99. The van der Waals surface area contributed by atoms with Crippen LogP contribution in [0, 0.1) is 5.82 Å². The standard InChI is InChI=1S/C31H33F4N5O5/c1-2-44-30-22(4-3-12-36-30)24-6-8-26(28(38-24)29(43)37-20-17-39(18-20)13-11-27(41)42)45-21-9-14-40(15-10-21)25-7-5-19(32)16-23(25)31(33,34)35/h3-8,12,16,20-21H,2,9-11,13-15,17-18H2,1H3,(H,37,43)(H,41,42). The van der Waals surface area contributed by atoms with Crippen LogP contribution in [0.3, 0.4) is 0 Å². The highest BCUT2D eigenvalue weighted by Crippen LogP contribution is 2.38. The molecule has 0 radical (unpaired) electrons. The van der Waals surface area contributed by atoms with Crippen LogP contribution in [-0.4, -0.2) is 83.3 Å². The Hall–Kier alpha value is -4.46. The molecule has 3 aromatic rings. The third-order valence-electron chi connectivity index (χ3n) is 7.68. The number of hydrogen-bond donors (Lipinski definition) is 2. The number of rotatable bonds is 11. The maximum Gasteiger partial charge on any atom is 0.418 e. The van der Waals surface area contributed by atoms with E-state index >= 15 is 0 Å². The van der Waals surface area contributed by atoms with E-state index < -0.39 is 35.5 Å². The molecule has 4 heterocycles. The summed E-state index contributed by atoms with van der Waals surface area (Å²) in [7, 11) is 0. The molecule has 2 fully saturated rings. The van der Waals surface area contributed by atoms with Crippen molar-refractivity contribution in [3.63, 3.8) is 0 Å². The fourth-order valence-corrected chi connectivity index (χ4v) is 5.45. The molecule has 2 aromatic heterocycles. The highest BCUT2D eigenvalue weighted by Gasteiger charge is 2.37. The van der Waals surface area contributed by atoms with Crippen LogP contribution in [-0.2, 0) is 11.0 Å². The second kappa shape index (κ2) is 13.7. The monoisotopic (exact) mass is 631 g/mol. The number of carbonyl (C=O) groups excluding carboxylic acids is 1. The number of aliphatic carboxylic acids is 1. The van der Waals surface area contributed by atoms with Crippen molar-refractivity contribution in [1.82, 2.24) is 20.2 Å². The van der Waals surface area contributed by atoms with Crippen molar-refractivity contribution in [3.8, 4) is 22.9 Å². The lowest BCUT2D eigenvalue weighted by molar-refractivity contribution is -0.138. The molecule has 5 rings (SSSR count). The predicted octanol–water partition coefficient (Wildman–Crippen LogP) is 4.64. The van der Waals surface area contributed by atoms with E-state index in [0.717, 1.165) is 12.1 Å². The number of hydrogen-bond acceptors (Lipinski definition) is 8. The summed E-state index contributed by atoms with van der Waals surface area (Å²) in [6.45, 7) is 4.03. The first kappa shape index (κ1) is 31.9. The molecule has 2 N–H and O–H groups in total. The molecule has 240 valence electrons. The first-order chi connectivity index (χ1) is 21.5. The maximum atomic E-state index is 13.6. The Balaban J connectivity index is 1.33. The fraction of sp³-hybridized carbons (Fsp3) is 0.419. The Kier molecular flexibility index (Phi) is 9.71. The van der Waals surface area contributed by atoms with Crippen molar-refractivity contribution >= 4 is 17.6 Å². The summed E-state index contributed by atoms with van der Waals surface area (Å²) in [5.74, 6) is -1.75. The minimum absolute atomic E-state index is 0.00697. The van der Waals surface area contributed by atoms with Gasteiger partial charge in [0.1, 0.15) is 11.9 Å². The van der Waals surface area contributed by atoms with Gasteiger partial charge in [0, 0.05) is 57.4 Å². The Morgan fingerprint density at radius 1 is 1.11 bits per heavy atom. The predicted molar refractivity (Wildman–Crippen MR) is 156 cm³/mol. The highest BCUT2D eigenvalue weighted by atomic mass is 19.4. The van der Waals surface area contributed by atoms with Gasteiger partial charge in [-0.1, -0.05) is 0 Å². The van der Waals surface area contributed by atoms with Crippen LogP contribution in [0.15, 0.2) is 48.7 Å². The molecule has 0 bridgehead atoms. The van der Waals surface area contributed by atoms with E-state index in [0.29, 0.717) is 62.3 Å². The number of pyridine rings is 2. The second-order valence-corrected chi connectivity index (χ2v) is 10.9. The Morgan fingerprint density at radius 2 is 1.87 bits per heavy atom. The quantitative estimate of drug-likeness (QED) is 0.292.